The molecule has 1 aromatic heterocycles. The Hall–Kier alpha value is -6.83. The normalized spacial score (nSPS) is 11.8. The average Bonchev–Trinajstić information content (AvgIpc) is 3.22. The summed E-state index contributed by atoms with van der Waals surface area (Å²) >= 11 is 0. The molecule has 0 spiro atoms. The Morgan fingerprint density at radius 3 is 1.56 bits per heavy atom. The highest BCUT2D eigenvalue weighted by Gasteiger charge is 2.21. The molecule has 0 aliphatic rings. The summed E-state index contributed by atoms with van der Waals surface area (Å²) in [6, 6.07) is 68.6. The molecule has 0 N–H and O–H groups in total. The number of aromatic nitrogens is 1. The minimum atomic E-state index is 1.01. The van der Waals surface area contributed by atoms with E-state index in [4.69, 9.17) is 4.98 Å². The zero-order chi connectivity index (χ0) is 34.2. The van der Waals surface area contributed by atoms with Crippen LogP contribution in [0.15, 0.2) is 188 Å². The maximum absolute atomic E-state index is 5.35. The number of pyridine rings is 1. The van der Waals surface area contributed by atoms with E-state index in [1.807, 2.05) is 0 Å². The van der Waals surface area contributed by atoms with E-state index in [1.165, 1.54) is 92.3 Å². The van der Waals surface area contributed by atoms with Crippen molar-refractivity contribution in [3.05, 3.63) is 188 Å². The molecule has 0 radical (unpaired) electrons. The van der Waals surface area contributed by atoms with E-state index >= 15 is 0 Å². The second-order valence-electron chi connectivity index (χ2n) is 13.8. The molecule has 0 amide bonds. The van der Waals surface area contributed by atoms with E-state index in [2.05, 4.69) is 188 Å². The Balaban J connectivity index is 1.28. The van der Waals surface area contributed by atoms with Gasteiger partial charge in [-0.05, 0) is 88.2 Å². The predicted molar refractivity (Wildman–Crippen MR) is 223 cm³/mol. The van der Waals surface area contributed by atoms with Gasteiger partial charge in [0.25, 0.3) is 0 Å². The molecule has 0 aliphatic carbocycles. The van der Waals surface area contributed by atoms with Crippen LogP contribution in [0.5, 0.6) is 0 Å². The molecule has 11 rings (SSSR count). The standard InChI is InChI=1S/C51H31N/c1-2-16-33(17-3-1)51-50-43-30-29-34(31-45(43)36-20-6-7-21-38(36)49(50)44-26-12-13-28-46(44)52-51)47-39-22-8-10-24-41(39)48(42-25-11-9-23-40(42)47)37-27-14-18-32-15-4-5-19-35(32)37/h1-31H. The molecule has 0 unspecified atom stereocenters. The molecule has 0 bridgehead atoms. The Labute approximate surface area is 301 Å². The maximum atomic E-state index is 5.35. The van der Waals surface area contributed by atoms with Crippen LogP contribution in [0.3, 0.4) is 0 Å². The second kappa shape index (κ2) is 11.3. The summed E-state index contributed by atoms with van der Waals surface area (Å²) in [5.74, 6) is 0. The first-order chi connectivity index (χ1) is 25.8. The van der Waals surface area contributed by atoms with Gasteiger partial charge in [0.2, 0.25) is 0 Å². The fourth-order valence-corrected chi connectivity index (χ4v) is 8.81. The Bertz CT molecular complexity index is 3170. The van der Waals surface area contributed by atoms with Gasteiger partial charge in [-0.1, -0.05) is 176 Å². The van der Waals surface area contributed by atoms with E-state index in [-0.39, 0.29) is 0 Å². The van der Waals surface area contributed by atoms with Crippen molar-refractivity contribution in [3.8, 4) is 33.5 Å². The molecule has 0 atom stereocenters. The zero-order valence-corrected chi connectivity index (χ0v) is 28.3. The second-order valence-corrected chi connectivity index (χ2v) is 13.8. The summed E-state index contributed by atoms with van der Waals surface area (Å²) in [7, 11) is 0. The van der Waals surface area contributed by atoms with Crippen LogP contribution >= 0.6 is 0 Å². The third kappa shape index (κ3) is 4.20. The van der Waals surface area contributed by atoms with Gasteiger partial charge in [-0.2, -0.15) is 0 Å². The predicted octanol–water partition coefficient (Wildman–Crippen LogP) is 14.2. The van der Waals surface area contributed by atoms with Crippen LogP contribution in [0.4, 0.5) is 0 Å². The first-order valence-corrected chi connectivity index (χ1v) is 18.0. The van der Waals surface area contributed by atoms with Gasteiger partial charge in [0.15, 0.2) is 0 Å². The van der Waals surface area contributed by atoms with Gasteiger partial charge in [0.1, 0.15) is 0 Å². The topological polar surface area (TPSA) is 12.9 Å². The highest BCUT2D eigenvalue weighted by molar-refractivity contribution is 6.34. The van der Waals surface area contributed by atoms with Gasteiger partial charge in [-0.25, -0.2) is 4.98 Å². The Kier molecular flexibility index (Phi) is 6.32. The van der Waals surface area contributed by atoms with Crippen LogP contribution in [0.2, 0.25) is 0 Å². The van der Waals surface area contributed by atoms with Crippen molar-refractivity contribution in [2.45, 2.75) is 0 Å². The smallest absolute Gasteiger partial charge is 0.0794 e. The van der Waals surface area contributed by atoms with Crippen molar-refractivity contribution in [2.24, 2.45) is 0 Å². The number of hydrogen-bond donors (Lipinski definition) is 0. The molecule has 240 valence electrons. The van der Waals surface area contributed by atoms with Crippen molar-refractivity contribution in [3.63, 3.8) is 0 Å². The van der Waals surface area contributed by atoms with Gasteiger partial charge >= 0.3 is 0 Å². The minimum absolute atomic E-state index is 1.01. The molecular formula is C51H31N. The summed E-state index contributed by atoms with van der Waals surface area (Å²) in [4.78, 5) is 5.35. The maximum Gasteiger partial charge on any atom is 0.0794 e. The summed E-state index contributed by atoms with van der Waals surface area (Å²) in [6.07, 6.45) is 0. The van der Waals surface area contributed by atoms with E-state index in [9.17, 15) is 0 Å². The van der Waals surface area contributed by atoms with Gasteiger partial charge in [-0.15, -0.1) is 0 Å². The van der Waals surface area contributed by atoms with E-state index in [0.717, 1.165) is 16.8 Å². The number of para-hydroxylation sites is 1. The molecule has 52 heavy (non-hydrogen) atoms. The molecule has 0 aliphatic heterocycles. The van der Waals surface area contributed by atoms with Crippen LogP contribution in [-0.4, -0.2) is 4.98 Å². The lowest BCUT2D eigenvalue weighted by atomic mass is 9.83. The summed E-state index contributed by atoms with van der Waals surface area (Å²) in [6.45, 7) is 0. The van der Waals surface area contributed by atoms with Crippen LogP contribution in [-0.2, 0) is 0 Å². The summed E-state index contributed by atoms with van der Waals surface area (Å²) in [5.41, 5.74) is 8.19. The number of nitrogens with zero attached hydrogens (tertiary/aromatic N) is 1. The Morgan fingerprint density at radius 1 is 0.288 bits per heavy atom. The summed E-state index contributed by atoms with van der Waals surface area (Å²) < 4.78 is 0. The quantitative estimate of drug-likeness (QED) is 0.136. The van der Waals surface area contributed by atoms with Gasteiger partial charge in [0, 0.05) is 21.7 Å². The highest BCUT2D eigenvalue weighted by atomic mass is 14.7. The lowest BCUT2D eigenvalue weighted by Crippen LogP contribution is -1.94. The summed E-state index contributed by atoms with van der Waals surface area (Å²) in [5, 5.41) is 16.2. The lowest BCUT2D eigenvalue weighted by Gasteiger charge is -2.20. The molecule has 1 heteroatoms. The van der Waals surface area contributed by atoms with E-state index in [0.29, 0.717) is 0 Å². The highest BCUT2D eigenvalue weighted by Crippen LogP contribution is 2.48. The van der Waals surface area contributed by atoms with Crippen LogP contribution in [0.1, 0.15) is 0 Å². The van der Waals surface area contributed by atoms with Crippen LogP contribution in [0, 0.1) is 0 Å². The average molecular weight is 658 g/mol. The zero-order valence-electron chi connectivity index (χ0n) is 28.3. The van der Waals surface area contributed by atoms with Crippen LogP contribution < -0.4 is 0 Å². The third-order valence-corrected chi connectivity index (χ3v) is 11.0. The van der Waals surface area contributed by atoms with Gasteiger partial charge in [-0.3, -0.25) is 0 Å². The van der Waals surface area contributed by atoms with Crippen molar-refractivity contribution in [1.82, 2.24) is 4.98 Å². The first-order valence-electron chi connectivity index (χ1n) is 18.0. The fraction of sp³-hybridized carbons (Fsp3) is 0. The number of hydrogen-bond acceptors (Lipinski definition) is 1. The van der Waals surface area contributed by atoms with Crippen molar-refractivity contribution in [1.29, 1.82) is 0 Å². The molecule has 0 fully saturated rings. The monoisotopic (exact) mass is 657 g/mol. The number of rotatable bonds is 3. The lowest BCUT2D eigenvalue weighted by molar-refractivity contribution is 1.43. The minimum Gasteiger partial charge on any atom is -0.247 e. The van der Waals surface area contributed by atoms with Crippen molar-refractivity contribution < 1.29 is 0 Å². The third-order valence-electron chi connectivity index (χ3n) is 11.0. The fourth-order valence-electron chi connectivity index (χ4n) is 8.81. The molecule has 1 heterocycles. The molecular weight excluding hydrogens is 627 g/mol. The van der Waals surface area contributed by atoms with Crippen molar-refractivity contribution in [2.75, 3.05) is 0 Å². The van der Waals surface area contributed by atoms with Crippen molar-refractivity contribution >= 4 is 75.5 Å². The van der Waals surface area contributed by atoms with E-state index in [1.54, 1.807) is 0 Å². The number of benzene rings is 10. The molecule has 10 aromatic carbocycles. The first kappa shape index (κ1) is 29.0. The SMILES string of the molecule is c1ccc(-c2nc3ccccc3c3c4ccccc4c4cc(-c5c6ccccc6c(-c6cccc7ccccc67)c6ccccc56)ccc4c23)cc1. The van der Waals surface area contributed by atoms with Gasteiger partial charge < -0.3 is 0 Å². The van der Waals surface area contributed by atoms with E-state index < -0.39 is 0 Å². The molecule has 11 aromatic rings. The molecule has 1 nitrogen and oxygen atoms in total. The number of fused-ring (bicyclic) bond motifs is 11. The van der Waals surface area contributed by atoms with Gasteiger partial charge in [0.05, 0.1) is 11.2 Å². The molecule has 0 saturated carbocycles. The largest absolute Gasteiger partial charge is 0.247 e. The molecule has 0 saturated heterocycles. The Morgan fingerprint density at radius 2 is 0.827 bits per heavy atom. The van der Waals surface area contributed by atoms with Crippen LogP contribution in [0.25, 0.3) is 109 Å².